The Morgan fingerprint density at radius 1 is 1.50 bits per heavy atom. The van der Waals surface area contributed by atoms with Gasteiger partial charge in [-0.2, -0.15) is 0 Å². The average Bonchev–Trinajstić information content (AvgIpc) is 2.54. The first kappa shape index (κ1) is 20.6. The van der Waals surface area contributed by atoms with Crippen LogP contribution >= 0.6 is 23.8 Å². The van der Waals surface area contributed by atoms with E-state index in [2.05, 4.69) is 5.32 Å². The quantitative estimate of drug-likeness (QED) is 0.581. The highest BCUT2D eigenvalue weighted by atomic mass is 35.5. The molecule has 1 aromatic carbocycles. The molecule has 1 aliphatic rings. The van der Waals surface area contributed by atoms with Crippen LogP contribution in [0.3, 0.4) is 0 Å². The van der Waals surface area contributed by atoms with Crippen molar-refractivity contribution in [3.8, 4) is 0 Å². The van der Waals surface area contributed by atoms with E-state index in [1.54, 1.807) is 31.9 Å². The summed E-state index contributed by atoms with van der Waals surface area (Å²) in [6.07, 6.45) is 0. The van der Waals surface area contributed by atoms with Gasteiger partial charge in [-0.05, 0) is 45.1 Å². The second-order valence-electron chi connectivity index (χ2n) is 5.91. The molecule has 26 heavy (non-hydrogen) atoms. The van der Waals surface area contributed by atoms with Gasteiger partial charge in [0.1, 0.15) is 5.82 Å². The molecular weight excluding hydrogens is 379 g/mol. The summed E-state index contributed by atoms with van der Waals surface area (Å²) in [6, 6.07) is 3.42. The van der Waals surface area contributed by atoms with E-state index in [4.69, 9.17) is 33.3 Å². The maximum absolute atomic E-state index is 14.5. The number of carbonyl (C=O) groups is 1. The number of halogens is 2. The number of ether oxygens (including phenoxy) is 2. The van der Waals surface area contributed by atoms with Crippen LogP contribution in [0.1, 0.15) is 32.4 Å². The second-order valence-corrected chi connectivity index (χ2v) is 6.71. The maximum Gasteiger partial charge on any atom is 0.338 e. The lowest BCUT2D eigenvalue weighted by atomic mass is 9.94. The Hall–Kier alpha value is -1.70. The summed E-state index contributed by atoms with van der Waals surface area (Å²) in [5.74, 6) is -1.07. The first-order valence-corrected chi connectivity index (χ1v) is 9.02. The summed E-state index contributed by atoms with van der Waals surface area (Å²) >= 11 is 11.7. The monoisotopic (exact) mass is 400 g/mol. The molecule has 0 aromatic heterocycles. The molecule has 0 radical (unpaired) electrons. The van der Waals surface area contributed by atoms with Crippen molar-refractivity contribution in [1.29, 1.82) is 0 Å². The number of thiocarbonyl (C=S) groups is 1. The summed E-state index contributed by atoms with van der Waals surface area (Å²) in [6.45, 7) is 5.99. The third-order valence-corrected chi connectivity index (χ3v) is 4.80. The van der Waals surface area contributed by atoms with Crippen molar-refractivity contribution in [3.05, 3.63) is 45.9 Å². The molecule has 2 rings (SSSR count). The van der Waals surface area contributed by atoms with E-state index < -0.39 is 17.8 Å². The minimum absolute atomic E-state index is 0.124. The lowest BCUT2D eigenvalue weighted by molar-refractivity contribution is -0.139. The molecule has 1 N–H and O–H groups in total. The van der Waals surface area contributed by atoms with Crippen LogP contribution in [0.4, 0.5) is 4.39 Å². The van der Waals surface area contributed by atoms with Gasteiger partial charge >= 0.3 is 5.97 Å². The zero-order valence-electron chi connectivity index (χ0n) is 15.1. The highest BCUT2D eigenvalue weighted by Crippen LogP contribution is 2.36. The molecule has 0 bridgehead atoms. The minimum Gasteiger partial charge on any atom is -0.463 e. The fourth-order valence-electron chi connectivity index (χ4n) is 3.08. The number of methoxy groups -OCH3 is 1. The Kier molecular flexibility index (Phi) is 6.97. The summed E-state index contributed by atoms with van der Waals surface area (Å²) in [5.41, 5.74) is 1.02. The normalized spacial score (nSPS) is 18.6. The first-order valence-electron chi connectivity index (χ1n) is 8.23. The molecule has 8 heteroatoms. The molecule has 0 unspecified atom stereocenters. The van der Waals surface area contributed by atoms with Gasteiger partial charge in [0.25, 0.3) is 0 Å². The number of rotatable bonds is 6. The van der Waals surface area contributed by atoms with E-state index in [9.17, 15) is 9.18 Å². The van der Waals surface area contributed by atoms with Gasteiger partial charge in [-0.25, -0.2) is 9.18 Å². The molecule has 0 amide bonds. The zero-order chi connectivity index (χ0) is 19.4. The summed E-state index contributed by atoms with van der Waals surface area (Å²) in [4.78, 5) is 14.4. The number of nitrogens with zero attached hydrogens (tertiary/aromatic N) is 1. The van der Waals surface area contributed by atoms with Crippen LogP contribution < -0.4 is 5.32 Å². The van der Waals surface area contributed by atoms with E-state index >= 15 is 0 Å². The standard InChI is InChI=1S/C18H22ClFN2O3S/c1-5-25-17(23)14-11(3)22(10(2)9-24-4)18(26)21-16(14)15-12(19)7-6-8-13(15)20/h6-8,10,16H,5,9H2,1-4H3,(H,21,26)/t10-,16+/m0/s1. The number of nitrogens with one attached hydrogen (secondary N) is 1. The van der Waals surface area contributed by atoms with Crippen molar-refractivity contribution in [1.82, 2.24) is 10.2 Å². The predicted molar refractivity (Wildman–Crippen MR) is 102 cm³/mol. The number of benzene rings is 1. The van der Waals surface area contributed by atoms with Crippen LogP contribution in [0.5, 0.6) is 0 Å². The minimum atomic E-state index is -0.832. The van der Waals surface area contributed by atoms with Gasteiger partial charge in [0, 0.05) is 23.4 Å². The van der Waals surface area contributed by atoms with E-state index in [0.717, 1.165) is 0 Å². The molecule has 1 aromatic rings. The number of carbonyl (C=O) groups excluding carboxylic acids is 1. The Balaban J connectivity index is 2.62. The second kappa shape index (κ2) is 8.79. The number of allylic oxidation sites excluding steroid dienone is 1. The predicted octanol–water partition coefficient (Wildman–Crippen LogP) is 3.58. The van der Waals surface area contributed by atoms with Crippen LogP contribution in [0.25, 0.3) is 0 Å². The van der Waals surface area contributed by atoms with E-state index in [1.807, 2.05) is 6.92 Å². The molecule has 0 saturated carbocycles. The highest BCUT2D eigenvalue weighted by Gasteiger charge is 2.38. The van der Waals surface area contributed by atoms with E-state index in [1.165, 1.54) is 12.1 Å². The zero-order valence-corrected chi connectivity index (χ0v) is 16.7. The molecule has 1 heterocycles. The molecule has 5 nitrogen and oxygen atoms in total. The third-order valence-electron chi connectivity index (χ3n) is 4.16. The van der Waals surface area contributed by atoms with Crippen LogP contribution in [0.2, 0.25) is 5.02 Å². The fraction of sp³-hybridized carbons (Fsp3) is 0.444. The van der Waals surface area contributed by atoms with E-state index in [-0.39, 0.29) is 28.8 Å². The molecule has 142 valence electrons. The van der Waals surface area contributed by atoms with Crippen molar-refractivity contribution in [2.45, 2.75) is 32.9 Å². The SMILES string of the molecule is CCOC(=O)C1=C(C)N([C@@H](C)COC)C(=S)N[C@H]1c1c(F)cccc1Cl. The summed E-state index contributed by atoms with van der Waals surface area (Å²) in [5, 5.41) is 3.61. The topological polar surface area (TPSA) is 50.8 Å². The lowest BCUT2D eigenvalue weighted by Gasteiger charge is -2.40. The number of esters is 1. The molecule has 0 aliphatic carbocycles. The van der Waals surface area contributed by atoms with Gasteiger partial charge in [0.15, 0.2) is 5.11 Å². The summed E-state index contributed by atoms with van der Waals surface area (Å²) < 4.78 is 24.9. The molecular formula is C18H22ClFN2O3S. The third kappa shape index (κ3) is 4.00. The maximum atomic E-state index is 14.5. The van der Waals surface area contributed by atoms with Crippen molar-refractivity contribution in [3.63, 3.8) is 0 Å². The van der Waals surface area contributed by atoms with E-state index in [0.29, 0.717) is 17.4 Å². The van der Waals surface area contributed by atoms with Crippen molar-refractivity contribution >= 4 is 34.9 Å². The Bertz CT molecular complexity index is 721. The Labute approximate surface area is 163 Å². The van der Waals surface area contributed by atoms with Crippen LogP contribution in [-0.4, -0.2) is 42.3 Å². The molecule has 1 aliphatic heterocycles. The molecule has 0 saturated heterocycles. The van der Waals surface area contributed by atoms with Gasteiger partial charge in [0.05, 0.1) is 30.9 Å². The van der Waals surface area contributed by atoms with Crippen molar-refractivity contribution < 1.29 is 18.7 Å². The highest BCUT2D eigenvalue weighted by molar-refractivity contribution is 7.80. The van der Waals surface area contributed by atoms with Gasteiger partial charge in [-0.3, -0.25) is 0 Å². The van der Waals surface area contributed by atoms with Gasteiger partial charge in [0.2, 0.25) is 0 Å². The lowest BCUT2D eigenvalue weighted by Crippen LogP contribution is -2.52. The van der Waals surface area contributed by atoms with Gasteiger partial charge < -0.3 is 19.7 Å². The van der Waals surface area contributed by atoms with Crippen molar-refractivity contribution in [2.24, 2.45) is 0 Å². The smallest absolute Gasteiger partial charge is 0.338 e. The Morgan fingerprint density at radius 3 is 2.77 bits per heavy atom. The Morgan fingerprint density at radius 2 is 2.19 bits per heavy atom. The van der Waals surface area contributed by atoms with Crippen LogP contribution in [-0.2, 0) is 14.3 Å². The van der Waals surface area contributed by atoms with Gasteiger partial charge in [-0.1, -0.05) is 17.7 Å². The van der Waals surface area contributed by atoms with Crippen LogP contribution in [0.15, 0.2) is 29.5 Å². The molecule has 0 spiro atoms. The van der Waals surface area contributed by atoms with Gasteiger partial charge in [-0.15, -0.1) is 0 Å². The average molecular weight is 401 g/mol. The molecule has 2 atom stereocenters. The summed E-state index contributed by atoms with van der Waals surface area (Å²) in [7, 11) is 1.59. The number of hydrogen-bond donors (Lipinski definition) is 1. The molecule has 0 fully saturated rings. The fourth-order valence-corrected chi connectivity index (χ4v) is 3.79. The first-order chi connectivity index (χ1) is 12.3. The largest absolute Gasteiger partial charge is 0.463 e. The number of hydrogen-bond acceptors (Lipinski definition) is 4. The van der Waals surface area contributed by atoms with Crippen LogP contribution in [0, 0.1) is 5.82 Å². The van der Waals surface area contributed by atoms with Crippen molar-refractivity contribution in [2.75, 3.05) is 20.3 Å².